The Kier molecular flexibility index (Phi) is 4.73. The first-order valence-electron chi connectivity index (χ1n) is 6.52. The lowest BCUT2D eigenvalue weighted by Gasteiger charge is -2.16. The highest BCUT2D eigenvalue weighted by atomic mass is 32.1. The summed E-state index contributed by atoms with van der Waals surface area (Å²) in [5.41, 5.74) is 7.21. The van der Waals surface area contributed by atoms with Gasteiger partial charge in [-0.2, -0.15) is 5.26 Å². The number of benzene rings is 1. The molecule has 0 aliphatic carbocycles. The highest BCUT2D eigenvalue weighted by Crippen LogP contribution is 2.27. The molecule has 0 radical (unpaired) electrons. The second-order valence-corrected chi connectivity index (χ2v) is 6.05. The number of amides is 1. The Bertz CT molecular complexity index is 690. The number of nitrogens with one attached hydrogen (secondary N) is 1. The highest BCUT2D eigenvalue weighted by Gasteiger charge is 2.12. The summed E-state index contributed by atoms with van der Waals surface area (Å²) < 4.78 is 0.941. The molecule has 6 nitrogen and oxygen atoms in total. The van der Waals surface area contributed by atoms with Crippen molar-refractivity contribution in [1.29, 1.82) is 5.26 Å². The summed E-state index contributed by atoms with van der Waals surface area (Å²) in [6.45, 7) is 2.61. The molecule has 0 aliphatic heterocycles. The molecule has 0 saturated carbocycles. The first-order valence-corrected chi connectivity index (χ1v) is 7.33. The van der Waals surface area contributed by atoms with Crippen LogP contribution in [0.25, 0.3) is 10.2 Å². The molecule has 3 N–H and O–H groups in total. The van der Waals surface area contributed by atoms with E-state index in [-0.39, 0.29) is 18.4 Å². The lowest BCUT2D eigenvalue weighted by atomic mass is 10.2. The molecule has 0 fully saturated rings. The number of anilines is 2. The van der Waals surface area contributed by atoms with E-state index in [0.717, 1.165) is 10.2 Å². The lowest BCUT2D eigenvalue weighted by molar-refractivity contribution is -0.117. The van der Waals surface area contributed by atoms with Crippen molar-refractivity contribution in [2.24, 2.45) is 5.92 Å². The van der Waals surface area contributed by atoms with E-state index in [1.807, 2.05) is 31.0 Å². The van der Waals surface area contributed by atoms with Crippen molar-refractivity contribution in [2.45, 2.75) is 6.92 Å². The zero-order chi connectivity index (χ0) is 15.4. The summed E-state index contributed by atoms with van der Waals surface area (Å²) in [4.78, 5) is 18.1. The van der Waals surface area contributed by atoms with E-state index in [0.29, 0.717) is 17.4 Å². The van der Waals surface area contributed by atoms with Crippen LogP contribution in [0.4, 0.5) is 10.8 Å². The van der Waals surface area contributed by atoms with E-state index >= 15 is 0 Å². The number of nitrogens with zero attached hydrogens (tertiary/aromatic N) is 3. The van der Waals surface area contributed by atoms with Crippen LogP contribution < -0.4 is 11.1 Å². The molecule has 21 heavy (non-hydrogen) atoms. The van der Waals surface area contributed by atoms with E-state index in [1.165, 1.54) is 11.3 Å². The SMILES string of the molecule is CC(C#N)CN(C)CC(=O)Nc1nc2ccc(N)cc2s1. The molecule has 1 aromatic heterocycles. The Labute approximate surface area is 127 Å². The van der Waals surface area contributed by atoms with Crippen molar-refractivity contribution >= 4 is 38.3 Å². The topological polar surface area (TPSA) is 95.0 Å². The van der Waals surface area contributed by atoms with Crippen LogP contribution in [0.15, 0.2) is 18.2 Å². The fraction of sp³-hybridized carbons (Fsp3) is 0.357. The number of rotatable bonds is 5. The second kappa shape index (κ2) is 6.52. The number of hydrogen-bond donors (Lipinski definition) is 2. The maximum atomic E-state index is 11.9. The van der Waals surface area contributed by atoms with Gasteiger partial charge in [-0.3, -0.25) is 9.69 Å². The Morgan fingerprint density at radius 1 is 1.62 bits per heavy atom. The Balaban J connectivity index is 1.96. The molecule has 0 saturated heterocycles. The third-order valence-corrected chi connectivity index (χ3v) is 3.81. The van der Waals surface area contributed by atoms with Crippen LogP contribution in [0, 0.1) is 17.2 Å². The van der Waals surface area contributed by atoms with Gasteiger partial charge in [0, 0.05) is 12.2 Å². The minimum atomic E-state index is -0.144. The Morgan fingerprint density at radius 2 is 2.38 bits per heavy atom. The number of aromatic nitrogens is 1. The average Bonchev–Trinajstić information content (AvgIpc) is 2.79. The summed E-state index contributed by atoms with van der Waals surface area (Å²) in [7, 11) is 1.81. The zero-order valence-electron chi connectivity index (χ0n) is 12.0. The van der Waals surface area contributed by atoms with Crippen LogP contribution in [-0.4, -0.2) is 35.9 Å². The average molecular weight is 303 g/mol. The van der Waals surface area contributed by atoms with Crippen LogP contribution in [0.3, 0.4) is 0 Å². The molecule has 0 spiro atoms. The molecule has 1 unspecified atom stereocenters. The number of fused-ring (bicyclic) bond motifs is 1. The summed E-state index contributed by atoms with van der Waals surface area (Å²) in [6.07, 6.45) is 0. The number of thiazole rings is 1. The maximum Gasteiger partial charge on any atom is 0.240 e. The standard InChI is InChI=1S/C14H17N5OS/c1-9(6-15)7-19(2)8-13(20)18-14-17-11-4-3-10(16)5-12(11)21-14/h3-5,9H,7-8,16H2,1-2H3,(H,17,18,20). The molecule has 1 aromatic carbocycles. The lowest BCUT2D eigenvalue weighted by Crippen LogP contribution is -2.32. The monoisotopic (exact) mass is 303 g/mol. The number of nitrogen functional groups attached to an aromatic ring is 1. The number of carbonyl (C=O) groups is 1. The van der Waals surface area contributed by atoms with E-state index in [1.54, 1.807) is 6.07 Å². The van der Waals surface area contributed by atoms with Gasteiger partial charge in [0.1, 0.15) is 0 Å². The smallest absolute Gasteiger partial charge is 0.240 e. The molecule has 1 heterocycles. The van der Waals surface area contributed by atoms with Crippen LogP contribution >= 0.6 is 11.3 Å². The summed E-state index contributed by atoms with van der Waals surface area (Å²) in [5.74, 6) is -0.247. The van der Waals surface area contributed by atoms with Gasteiger partial charge in [-0.15, -0.1) is 0 Å². The molecule has 1 atom stereocenters. The van der Waals surface area contributed by atoms with Crippen molar-refractivity contribution in [2.75, 3.05) is 31.2 Å². The summed E-state index contributed by atoms with van der Waals surface area (Å²) in [5, 5.41) is 12.1. The third-order valence-electron chi connectivity index (χ3n) is 2.88. The van der Waals surface area contributed by atoms with Gasteiger partial charge in [0.15, 0.2) is 5.13 Å². The minimum Gasteiger partial charge on any atom is -0.399 e. The van der Waals surface area contributed by atoms with Crippen molar-refractivity contribution in [3.8, 4) is 6.07 Å². The maximum absolute atomic E-state index is 11.9. The largest absolute Gasteiger partial charge is 0.399 e. The number of nitrogens with two attached hydrogens (primary N) is 1. The number of likely N-dealkylation sites (N-methyl/N-ethyl adjacent to an activating group) is 1. The van der Waals surface area contributed by atoms with Crippen LogP contribution in [0.1, 0.15) is 6.92 Å². The van der Waals surface area contributed by atoms with E-state index < -0.39 is 0 Å². The van der Waals surface area contributed by atoms with Gasteiger partial charge in [-0.25, -0.2) is 4.98 Å². The van der Waals surface area contributed by atoms with E-state index in [4.69, 9.17) is 11.0 Å². The normalized spacial score (nSPS) is 12.3. The quantitative estimate of drug-likeness (QED) is 0.823. The summed E-state index contributed by atoms with van der Waals surface area (Å²) in [6, 6.07) is 7.60. The van der Waals surface area contributed by atoms with Gasteiger partial charge >= 0.3 is 0 Å². The van der Waals surface area contributed by atoms with E-state index in [9.17, 15) is 4.79 Å². The van der Waals surface area contributed by atoms with Gasteiger partial charge in [-0.1, -0.05) is 11.3 Å². The minimum absolute atomic E-state index is 0.103. The zero-order valence-corrected chi connectivity index (χ0v) is 12.8. The summed E-state index contributed by atoms with van der Waals surface area (Å²) >= 11 is 1.39. The van der Waals surface area contributed by atoms with Gasteiger partial charge in [0.25, 0.3) is 0 Å². The second-order valence-electron chi connectivity index (χ2n) is 5.02. The molecule has 2 aromatic rings. The van der Waals surface area contributed by atoms with Gasteiger partial charge in [-0.05, 0) is 32.2 Å². The fourth-order valence-electron chi connectivity index (χ4n) is 1.97. The number of carbonyl (C=O) groups excluding carboxylic acids is 1. The molecule has 0 bridgehead atoms. The first kappa shape index (κ1) is 15.2. The van der Waals surface area contributed by atoms with Crippen LogP contribution in [0.2, 0.25) is 0 Å². The van der Waals surface area contributed by atoms with Crippen molar-refractivity contribution in [3.05, 3.63) is 18.2 Å². The van der Waals surface area contributed by atoms with Crippen molar-refractivity contribution in [3.63, 3.8) is 0 Å². The third kappa shape index (κ3) is 4.15. The fourth-order valence-corrected chi connectivity index (χ4v) is 2.90. The first-order chi connectivity index (χ1) is 9.97. The van der Waals surface area contributed by atoms with Gasteiger partial charge in [0.05, 0.1) is 28.7 Å². The molecule has 0 aliphatic rings. The Hall–Kier alpha value is -2.17. The molecule has 110 valence electrons. The number of hydrogen-bond acceptors (Lipinski definition) is 6. The van der Waals surface area contributed by atoms with Crippen molar-refractivity contribution < 1.29 is 4.79 Å². The van der Waals surface area contributed by atoms with Gasteiger partial charge in [0.2, 0.25) is 5.91 Å². The molecule has 2 rings (SSSR count). The number of nitriles is 1. The highest BCUT2D eigenvalue weighted by molar-refractivity contribution is 7.22. The molecule has 1 amide bonds. The van der Waals surface area contributed by atoms with E-state index in [2.05, 4.69) is 16.4 Å². The predicted octanol–water partition coefficient (Wildman–Crippen LogP) is 1.91. The Morgan fingerprint density at radius 3 is 3.10 bits per heavy atom. The predicted molar refractivity (Wildman–Crippen MR) is 84.9 cm³/mol. The molecular weight excluding hydrogens is 286 g/mol. The van der Waals surface area contributed by atoms with Gasteiger partial charge < -0.3 is 11.1 Å². The molecule has 7 heteroatoms. The molecular formula is C14H17N5OS. The van der Waals surface area contributed by atoms with Crippen LogP contribution in [0.5, 0.6) is 0 Å². The van der Waals surface area contributed by atoms with Crippen molar-refractivity contribution in [1.82, 2.24) is 9.88 Å². The van der Waals surface area contributed by atoms with Crippen LogP contribution in [-0.2, 0) is 4.79 Å².